The van der Waals surface area contributed by atoms with Crippen molar-refractivity contribution in [2.45, 2.75) is 11.7 Å². The Morgan fingerprint density at radius 3 is 2.58 bits per heavy atom. The summed E-state index contributed by atoms with van der Waals surface area (Å²) in [6, 6.07) is 9.74. The van der Waals surface area contributed by atoms with Crippen LogP contribution in [0.5, 0.6) is 0 Å². The number of anilines is 1. The first-order chi connectivity index (χ1) is 11.8. The topological polar surface area (TPSA) is 67.4 Å². The zero-order chi connectivity index (χ0) is 16.6. The van der Waals surface area contributed by atoms with Crippen LogP contribution in [0, 0.1) is 0 Å². The maximum absolute atomic E-state index is 12.0. The van der Waals surface area contributed by atoms with Crippen molar-refractivity contribution in [3.8, 4) is 0 Å². The SMILES string of the molecule is O=C(CSc1ncccn1)Nc1ccc(CN2CCOCC2)cc1. The third-order valence-corrected chi connectivity index (χ3v) is 4.50. The molecular weight excluding hydrogens is 324 g/mol. The fourth-order valence-electron chi connectivity index (χ4n) is 2.40. The van der Waals surface area contributed by atoms with Gasteiger partial charge in [-0.3, -0.25) is 9.69 Å². The molecule has 0 atom stereocenters. The minimum atomic E-state index is -0.0617. The highest BCUT2D eigenvalue weighted by Crippen LogP contribution is 2.15. The molecule has 0 unspecified atom stereocenters. The number of hydrogen-bond donors (Lipinski definition) is 1. The number of morpholine rings is 1. The lowest BCUT2D eigenvalue weighted by molar-refractivity contribution is -0.113. The number of benzene rings is 1. The standard InChI is InChI=1S/C17H20N4O2S/c22-16(13-24-17-18-6-1-7-19-17)20-15-4-2-14(3-5-15)12-21-8-10-23-11-9-21/h1-7H,8-13H2,(H,20,22). The first-order valence-corrected chi connectivity index (χ1v) is 8.87. The molecule has 6 nitrogen and oxygen atoms in total. The smallest absolute Gasteiger partial charge is 0.234 e. The van der Waals surface area contributed by atoms with Crippen LogP contribution in [0.4, 0.5) is 5.69 Å². The number of carbonyl (C=O) groups excluding carboxylic acids is 1. The molecule has 2 heterocycles. The molecule has 1 aliphatic rings. The maximum atomic E-state index is 12.0. The van der Waals surface area contributed by atoms with Gasteiger partial charge in [0.25, 0.3) is 0 Å². The molecule has 24 heavy (non-hydrogen) atoms. The van der Waals surface area contributed by atoms with Crippen LogP contribution in [-0.2, 0) is 16.1 Å². The summed E-state index contributed by atoms with van der Waals surface area (Å²) in [6.45, 7) is 4.46. The van der Waals surface area contributed by atoms with Gasteiger partial charge in [-0.05, 0) is 23.8 Å². The van der Waals surface area contributed by atoms with Crippen LogP contribution in [0.1, 0.15) is 5.56 Å². The minimum Gasteiger partial charge on any atom is -0.379 e. The van der Waals surface area contributed by atoms with Gasteiger partial charge in [0, 0.05) is 37.7 Å². The van der Waals surface area contributed by atoms with Crippen LogP contribution >= 0.6 is 11.8 Å². The van der Waals surface area contributed by atoms with Gasteiger partial charge in [0.05, 0.1) is 19.0 Å². The Bertz CT molecular complexity index is 645. The van der Waals surface area contributed by atoms with Gasteiger partial charge in [-0.2, -0.15) is 0 Å². The average molecular weight is 344 g/mol. The van der Waals surface area contributed by atoms with Crippen molar-refractivity contribution in [1.29, 1.82) is 0 Å². The molecule has 7 heteroatoms. The second-order valence-electron chi connectivity index (χ2n) is 5.45. The summed E-state index contributed by atoms with van der Waals surface area (Å²) >= 11 is 1.32. The molecule has 126 valence electrons. The second kappa shape index (κ2) is 8.77. The van der Waals surface area contributed by atoms with Gasteiger partial charge >= 0.3 is 0 Å². The molecule has 1 saturated heterocycles. The Morgan fingerprint density at radius 2 is 1.88 bits per heavy atom. The number of nitrogens with one attached hydrogen (secondary N) is 1. The van der Waals surface area contributed by atoms with Crippen LogP contribution in [0.3, 0.4) is 0 Å². The molecule has 1 aromatic carbocycles. The Labute approximate surface area is 145 Å². The summed E-state index contributed by atoms with van der Waals surface area (Å²) in [6.07, 6.45) is 3.33. The molecular formula is C17H20N4O2S. The summed E-state index contributed by atoms with van der Waals surface area (Å²) in [5, 5.41) is 3.50. The van der Waals surface area contributed by atoms with Crippen LogP contribution in [-0.4, -0.2) is 52.8 Å². The molecule has 1 N–H and O–H groups in total. The van der Waals surface area contributed by atoms with E-state index in [-0.39, 0.29) is 5.91 Å². The lowest BCUT2D eigenvalue weighted by Crippen LogP contribution is -2.35. The molecule has 0 spiro atoms. The average Bonchev–Trinajstić information content (AvgIpc) is 2.63. The van der Waals surface area contributed by atoms with E-state index in [1.54, 1.807) is 18.5 Å². The largest absolute Gasteiger partial charge is 0.379 e. The van der Waals surface area contributed by atoms with Gasteiger partial charge in [0.2, 0.25) is 5.91 Å². The maximum Gasteiger partial charge on any atom is 0.234 e. The number of thioether (sulfide) groups is 1. The zero-order valence-corrected chi connectivity index (χ0v) is 14.2. The molecule has 1 aromatic heterocycles. The number of nitrogens with zero attached hydrogens (tertiary/aromatic N) is 3. The normalized spacial score (nSPS) is 15.2. The van der Waals surface area contributed by atoms with E-state index in [1.807, 2.05) is 12.1 Å². The van der Waals surface area contributed by atoms with E-state index >= 15 is 0 Å². The van der Waals surface area contributed by atoms with Gasteiger partial charge in [0.1, 0.15) is 0 Å². The third-order valence-electron chi connectivity index (χ3n) is 3.62. The predicted molar refractivity (Wildman–Crippen MR) is 93.9 cm³/mol. The highest BCUT2D eigenvalue weighted by atomic mass is 32.2. The molecule has 0 aliphatic carbocycles. The molecule has 2 aromatic rings. The van der Waals surface area contributed by atoms with Crippen LogP contribution in [0.15, 0.2) is 47.9 Å². The third kappa shape index (κ3) is 5.30. The van der Waals surface area contributed by atoms with E-state index < -0.39 is 0 Å². The number of rotatable bonds is 6. The highest BCUT2D eigenvalue weighted by molar-refractivity contribution is 7.99. The van der Waals surface area contributed by atoms with E-state index in [4.69, 9.17) is 4.74 Å². The number of amides is 1. The van der Waals surface area contributed by atoms with Crippen molar-refractivity contribution >= 4 is 23.4 Å². The monoisotopic (exact) mass is 344 g/mol. The fourth-order valence-corrected chi connectivity index (χ4v) is 3.00. The van der Waals surface area contributed by atoms with Crippen molar-refractivity contribution in [1.82, 2.24) is 14.9 Å². The lowest BCUT2D eigenvalue weighted by Gasteiger charge is -2.26. The number of carbonyl (C=O) groups is 1. The van der Waals surface area contributed by atoms with Gasteiger partial charge in [-0.15, -0.1) is 0 Å². The first kappa shape index (κ1) is 16.9. The van der Waals surface area contributed by atoms with Crippen molar-refractivity contribution in [2.75, 3.05) is 37.4 Å². The Morgan fingerprint density at radius 1 is 1.17 bits per heavy atom. The number of hydrogen-bond acceptors (Lipinski definition) is 6. The quantitative estimate of drug-likeness (QED) is 0.639. The number of ether oxygens (including phenoxy) is 1. The van der Waals surface area contributed by atoms with Gasteiger partial charge in [-0.25, -0.2) is 9.97 Å². The molecule has 1 fully saturated rings. The van der Waals surface area contributed by atoms with E-state index in [2.05, 4.69) is 32.3 Å². The molecule has 3 rings (SSSR count). The Hall–Kier alpha value is -1.96. The molecule has 0 saturated carbocycles. The molecule has 1 aliphatic heterocycles. The molecule has 0 radical (unpaired) electrons. The summed E-state index contributed by atoms with van der Waals surface area (Å²) in [4.78, 5) is 22.5. The second-order valence-corrected chi connectivity index (χ2v) is 6.40. The zero-order valence-electron chi connectivity index (χ0n) is 13.4. The molecule has 1 amide bonds. The van der Waals surface area contributed by atoms with Gasteiger partial charge in [0.15, 0.2) is 5.16 Å². The van der Waals surface area contributed by atoms with E-state index in [0.29, 0.717) is 10.9 Å². The van der Waals surface area contributed by atoms with E-state index in [9.17, 15) is 4.79 Å². The van der Waals surface area contributed by atoms with Crippen molar-refractivity contribution in [2.24, 2.45) is 0 Å². The summed E-state index contributed by atoms with van der Waals surface area (Å²) in [7, 11) is 0. The van der Waals surface area contributed by atoms with Crippen molar-refractivity contribution in [3.05, 3.63) is 48.3 Å². The van der Waals surface area contributed by atoms with Crippen LogP contribution < -0.4 is 5.32 Å². The van der Waals surface area contributed by atoms with Crippen molar-refractivity contribution < 1.29 is 9.53 Å². The van der Waals surface area contributed by atoms with Gasteiger partial charge in [-0.1, -0.05) is 23.9 Å². The van der Waals surface area contributed by atoms with Crippen molar-refractivity contribution in [3.63, 3.8) is 0 Å². The predicted octanol–water partition coefficient (Wildman–Crippen LogP) is 2.04. The summed E-state index contributed by atoms with van der Waals surface area (Å²) < 4.78 is 5.36. The Balaban J connectivity index is 1.45. The highest BCUT2D eigenvalue weighted by Gasteiger charge is 2.11. The lowest BCUT2D eigenvalue weighted by atomic mass is 10.2. The summed E-state index contributed by atoms with van der Waals surface area (Å²) in [5.74, 6) is 0.230. The van der Waals surface area contributed by atoms with E-state index in [0.717, 1.165) is 38.5 Å². The first-order valence-electron chi connectivity index (χ1n) is 7.88. The van der Waals surface area contributed by atoms with Gasteiger partial charge < -0.3 is 10.1 Å². The van der Waals surface area contributed by atoms with Crippen LogP contribution in [0.2, 0.25) is 0 Å². The molecule has 0 bridgehead atoms. The van der Waals surface area contributed by atoms with E-state index in [1.165, 1.54) is 17.3 Å². The summed E-state index contributed by atoms with van der Waals surface area (Å²) in [5.41, 5.74) is 2.04. The Kier molecular flexibility index (Phi) is 6.17. The minimum absolute atomic E-state index is 0.0617. The fraction of sp³-hybridized carbons (Fsp3) is 0.353. The number of aromatic nitrogens is 2. The van der Waals surface area contributed by atoms with Crippen LogP contribution in [0.25, 0.3) is 0 Å².